The molecule has 0 aliphatic heterocycles. The molecule has 0 aliphatic rings. The predicted octanol–water partition coefficient (Wildman–Crippen LogP) is 4.05. The van der Waals surface area contributed by atoms with Crippen molar-refractivity contribution < 1.29 is 18.8 Å². The van der Waals surface area contributed by atoms with Crippen molar-refractivity contribution in [3.63, 3.8) is 0 Å². The lowest BCUT2D eigenvalue weighted by atomic mass is 10.1. The molecular formula is C15H11ClFNO4. The molecule has 2 aromatic carbocycles. The van der Waals surface area contributed by atoms with Crippen LogP contribution in [0.25, 0.3) is 0 Å². The zero-order valence-corrected chi connectivity index (χ0v) is 12.3. The maximum atomic E-state index is 12.9. The van der Waals surface area contributed by atoms with E-state index in [2.05, 4.69) is 0 Å². The topological polar surface area (TPSA) is 69.4 Å². The van der Waals surface area contributed by atoms with Crippen LogP contribution in [0.4, 0.5) is 10.1 Å². The molecule has 0 heterocycles. The molecule has 0 aromatic heterocycles. The van der Waals surface area contributed by atoms with Gasteiger partial charge in [0.15, 0.2) is 0 Å². The SMILES string of the molecule is Cc1cc(C(=O)OCc2ccc(F)cc2Cl)ccc1[N+](=O)[O-]. The fourth-order valence-electron chi connectivity index (χ4n) is 1.85. The first-order valence-corrected chi connectivity index (χ1v) is 6.62. The van der Waals surface area contributed by atoms with E-state index in [1.54, 1.807) is 0 Å². The maximum absolute atomic E-state index is 12.9. The van der Waals surface area contributed by atoms with E-state index < -0.39 is 16.7 Å². The van der Waals surface area contributed by atoms with E-state index in [-0.39, 0.29) is 22.9 Å². The number of hydrogen-bond acceptors (Lipinski definition) is 4. The van der Waals surface area contributed by atoms with E-state index in [0.717, 1.165) is 6.07 Å². The van der Waals surface area contributed by atoms with E-state index in [9.17, 15) is 19.3 Å². The van der Waals surface area contributed by atoms with Gasteiger partial charge >= 0.3 is 5.97 Å². The molecule has 0 spiro atoms. The monoisotopic (exact) mass is 323 g/mol. The summed E-state index contributed by atoms with van der Waals surface area (Å²) in [5.41, 5.74) is 0.953. The van der Waals surface area contributed by atoms with Gasteiger partial charge in [0.25, 0.3) is 5.69 Å². The first-order chi connectivity index (χ1) is 10.4. The third-order valence-electron chi connectivity index (χ3n) is 3.00. The Bertz CT molecular complexity index is 748. The molecule has 0 fully saturated rings. The van der Waals surface area contributed by atoms with Crippen molar-refractivity contribution in [3.8, 4) is 0 Å². The number of esters is 1. The Morgan fingerprint density at radius 3 is 2.64 bits per heavy atom. The van der Waals surface area contributed by atoms with Gasteiger partial charge in [0, 0.05) is 17.2 Å². The minimum absolute atomic E-state index is 0.0712. The number of rotatable bonds is 4. The number of nitro benzene ring substituents is 1. The standard InChI is InChI=1S/C15H11ClFNO4/c1-9-6-10(3-5-14(9)18(20)21)15(19)22-8-11-2-4-12(17)7-13(11)16/h2-7H,8H2,1H3. The number of carbonyl (C=O) groups is 1. The van der Waals surface area contributed by atoms with Crippen molar-refractivity contribution in [2.45, 2.75) is 13.5 Å². The van der Waals surface area contributed by atoms with Crippen LogP contribution in [0.2, 0.25) is 5.02 Å². The summed E-state index contributed by atoms with van der Waals surface area (Å²) >= 11 is 5.83. The third-order valence-corrected chi connectivity index (χ3v) is 3.35. The van der Waals surface area contributed by atoms with E-state index in [1.807, 2.05) is 0 Å². The molecule has 0 bridgehead atoms. The number of ether oxygens (including phenoxy) is 1. The van der Waals surface area contributed by atoms with Crippen molar-refractivity contribution in [1.29, 1.82) is 0 Å². The number of aryl methyl sites for hydroxylation is 1. The highest BCUT2D eigenvalue weighted by molar-refractivity contribution is 6.31. The van der Waals surface area contributed by atoms with Gasteiger partial charge < -0.3 is 4.74 Å². The first kappa shape index (κ1) is 15.9. The Kier molecular flexibility index (Phi) is 4.72. The van der Waals surface area contributed by atoms with Crippen LogP contribution in [0.1, 0.15) is 21.5 Å². The number of nitrogens with zero attached hydrogens (tertiary/aromatic N) is 1. The molecule has 0 N–H and O–H groups in total. The van der Waals surface area contributed by atoms with E-state index in [0.29, 0.717) is 11.1 Å². The van der Waals surface area contributed by atoms with Crippen molar-refractivity contribution in [2.75, 3.05) is 0 Å². The fraction of sp³-hybridized carbons (Fsp3) is 0.133. The lowest BCUT2D eigenvalue weighted by Gasteiger charge is -2.07. The molecule has 2 rings (SSSR count). The van der Waals surface area contributed by atoms with Gasteiger partial charge in [-0.3, -0.25) is 10.1 Å². The van der Waals surface area contributed by atoms with E-state index in [1.165, 1.54) is 37.3 Å². The van der Waals surface area contributed by atoms with E-state index in [4.69, 9.17) is 16.3 Å². The van der Waals surface area contributed by atoms with Gasteiger partial charge in [0.1, 0.15) is 12.4 Å². The average molecular weight is 324 g/mol. The van der Waals surface area contributed by atoms with Crippen LogP contribution in [0.5, 0.6) is 0 Å². The minimum atomic E-state index is -0.640. The molecule has 0 atom stereocenters. The number of benzene rings is 2. The summed E-state index contributed by atoms with van der Waals surface area (Å²) in [7, 11) is 0. The van der Waals surface area contributed by atoms with Gasteiger partial charge in [-0.1, -0.05) is 17.7 Å². The minimum Gasteiger partial charge on any atom is -0.457 e. The molecule has 0 saturated carbocycles. The Hall–Kier alpha value is -2.47. The number of hydrogen-bond donors (Lipinski definition) is 0. The summed E-state index contributed by atoms with van der Waals surface area (Å²) in [5, 5.41) is 10.9. The fourth-order valence-corrected chi connectivity index (χ4v) is 2.07. The van der Waals surface area contributed by atoms with E-state index >= 15 is 0 Å². The van der Waals surface area contributed by atoms with Gasteiger partial charge in [-0.15, -0.1) is 0 Å². The number of nitro groups is 1. The van der Waals surface area contributed by atoms with Crippen LogP contribution in [0.15, 0.2) is 36.4 Å². The number of halogens is 2. The highest BCUT2D eigenvalue weighted by Gasteiger charge is 2.15. The third kappa shape index (κ3) is 3.59. The summed E-state index contributed by atoms with van der Waals surface area (Å²) in [6.07, 6.45) is 0. The first-order valence-electron chi connectivity index (χ1n) is 6.24. The second-order valence-electron chi connectivity index (χ2n) is 4.57. The van der Waals surface area contributed by atoms with Crippen LogP contribution < -0.4 is 0 Å². The molecule has 5 nitrogen and oxygen atoms in total. The van der Waals surface area contributed by atoms with Gasteiger partial charge in [-0.25, -0.2) is 9.18 Å². The van der Waals surface area contributed by atoms with Crippen molar-refractivity contribution in [3.05, 3.63) is 74.0 Å². The summed E-state index contributed by atoms with van der Waals surface area (Å²) < 4.78 is 18.0. The van der Waals surface area contributed by atoms with Crippen LogP contribution in [-0.4, -0.2) is 10.9 Å². The predicted molar refractivity (Wildman–Crippen MR) is 78.4 cm³/mol. The van der Waals surface area contributed by atoms with Crippen LogP contribution in [0.3, 0.4) is 0 Å². The van der Waals surface area contributed by atoms with Gasteiger partial charge in [0.05, 0.1) is 15.5 Å². The van der Waals surface area contributed by atoms with Gasteiger partial charge in [0.2, 0.25) is 0 Å². The van der Waals surface area contributed by atoms with Crippen molar-refractivity contribution in [2.24, 2.45) is 0 Å². The van der Waals surface area contributed by atoms with Crippen molar-refractivity contribution in [1.82, 2.24) is 0 Å². The summed E-state index contributed by atoms with van der Waals surface area (Å²) in [6.45, 7) is 1.42. The molecule has 0 aliphatic carbocycles. The lowest BCUT2D eigenvalue weighted by molar-refractivity contribution is -0.385. The van der Waals surface area contributed by atoms with Gasteiger partial charge in [-0.2, -0.15) is 0 Å². The Labute approximate surface area is 130 Å². The second-order valence-corrected chi connectivity index (χ2v) is 4.98. The largest absolute Gasteiger partial charge is 0.457 e. The molecule has 22 heavy (non-hydrogen) atoms. The van der Waals surface area contributed by atoms with Crippen LogP contribution in [0, 0.1) is 22.9 Å². The smallest absolute Gasteiger partial charge is 0.338 e. The quantitative estimate of drug-likeness (QED) is 0.483. The summed E-state index contributed by atoms with van der Waals surface area (Å²) in [6, 6.07) is 7.71. The molecule has 7 heteroatoms. The average Bonchev–Trinajstić information content (AvgIpc) is 2.45. The molecule has 0 unspecified atom stereocenters. The lowest BCUT2D eigenvalue weighted by Crippen LogP contribution is -2.06. The Balaban J connectivity index is 2.09. The molecule has 0 amide bonds. The van der Waals surface area contributed by atoms with Crippen LogP contribution >= 0.6 is 11.6 Å². The molecule has 0 radical (unpaired) electrons. The number of carbonyl (C=O) groups excluding carboxylic acids is 1. The van der Waals surface area contributed by atoms with Crippen molar-refractivity contribution >= 4 is 23.3 Å². The summed E-state index contributed by atoms with van der Waals surface area (Å²) in [4.78, 5) is 22.1. The maximum Gasteiger partial charge on any atom is 0.338 e. The normalized spacial score (nSPS) is 10.3. The van der Waals surface area contributed by atoms with Gasteiger partial charge in [-0.05, 0) is 31.2 Å². The Morgan fingerprint density at radius 1 is 1.32 bits per heavy atom. The highest BCUT2D eigenvalue weighted by atomic mass is 35.5. The zero-order chi connectivity index (χ0) is 16.3. The Morgan fingerprint density at radius 2 is 2.05 bits per heavy atom. The molecule has 0 saturated heterocycles. The molecule has 114 valence electrons. The highest BCUT2D eigenvalue weighted by Crippen LogP contribution is 2.21. The second kappa shape index (κ2) is 6.53. The zero-order valence-electron chi connectivity index (χ0n) is 11.5. The molecule has 2 aromatic rings. The molecular weight excluding hydrogens is 313 g/mol. The summed E-state index contributed by atoms with van der Waals surface area (Å²) in [5.74, 6) is -1.12. The van der Waals surface area contributed by atoms with Crippen LogP contribution in [-0.2, 0) is 11.3 Å².